The van der Waals surface area contributed by atoms with Crippen LogP contribution in [0, 0.1) is 5.82 Å². The Morgan fingerprint density at radius 1 is 1.64 bits per heavy atom. The van der Waals surface area contributed by atoms with E-state index in [1.54, 1.807) is 6.92 Å². The fourth-order valence-electron chi connectivity index (χ4n) is 0.812. The molecule has 0 aliphatic rings. The molecule has 5 heteroatoms. The Hall–Kier alpha value is -0.680. The van der Waals surface area contributed by atoms with Crippen molar-refractivity contribution in [1.82, 2.24) is 0 Å². The minimum Gasteiger partial charge on any atom is -0.484 e. The highest BCUT2D eigenvalue weighted by atomic mass is 79.9. The Morgan fingerprint density at radius 2 is 2.29 bits per heavy atom. The first-order chi connectivity index (χ1) is 6.50. The highest BCUT2D eigenvalue weighted by Gasteiger charge is 2.08. The first-order valence-electron chi connectivity index (χ1n) is 3.91. The number of rotatable bonds is 3. The van der Waals surface area contributed by atoms with Crippen LogP contribution in [0.15, 0.2) is 22.7 Å². The number of hydrogen-bond acceptors (Lipinski definition) is 2. The molecule has 0 amide bonds. The van der Waals surface area contributed by atoms with Crippen LogP contribution < -0.4 is 10.5 Å². The van der Waals surface area contributed by atoms with Crippen LogP contribution in [0.3, 0.4) is 0 Å². The summed E-state index contributed by atoms with van der Waals surface area (Å²) >= 11 is 7.80. The molecule has 0 bridgehead atoms. The third kappa shape index (κ3) is 2.92. The smallest absolute Gasteiger partial charge is 0.145 e. The van der Waals surface area contributed by atoms with Gasteiger partial charge in [-0.25, -0.2) is 4.39 Å². The lowest BCUT2D eigenvalue weighted by Crippen LogP contribution is -2.28. The molecule has 1 rings (SSSR count). The molecular weight excluding hydrogens is 269 g/mol. The zero-order chi connectivity index (χ0) is 10.7. The van der Waals surface area contributed by atoms with E-state index >= 15 is 0 Å². The number of benzene rings is 1. The second kappa shape index (κ2) is 4.70. The molecule has 76 valence electrons. The van der Waals surface area contributed by atoms with Crippen LogP contribution in [-0.4, -0.2) is 11.1 Å². The van der Waals surface area contributed by atoms with Gasteiger partial charge in [0, 0.05) is 0 Å². The Morgan fingerprint density at radius 3 is 2.79 bits per heavy atom. The average molecular weight is 278 g/mol. The normalized spacial score (nSPS) is 12.2. The van der Waals surface area contributed by atoms with Crippen molar-refractivity contribution >= 4 is 33.1 Å². The first kappa shape index (κ1) is 11.4. The minimum atomic E-state index is -0.359. The van der Waals surface area contributed by atoms with Crippen molar-refractivity contribution < 1.29 is 9.13 Å². The fourth-order valence-corrected chi connectivity index (χ4v) is 1.22. The quantitative estimate of drug-likeness (QED) is 0.863. The Labute approximate surface area is 95.4 Å². The lowest BCUT2D eigenvalue weighted by Gasteiger charge is -2.13. The molecule has 0 aliphatic heterocycles. The summed E-state index contributed by atoms with van der Waals surface area (Å²) in [6, 6.07) is 4.37. The molecule has 0 radical (unpaired) electrons. The summed E-state index contributed by atoms with van der Waals surface area (Å²) in [7, 11) is 0. The van der Waals surface area contributed by atoms with Gasteiger partial charge in [0.05, 0.1) is 4.47 Å². The van der Waals surface area contributed by atoms with E-state index in [-0.39, 0.29) is 16.9 Å². The van der Waals surface area contributed by atoms with Crippen LogP contribution >= 0.6 is 28.1 Å². The molecule has 14 heavy (non-hydrogen) atoms. The summed E-state index contributed by atoms with van der Waals surface area (Å²) in [6.45, 7) is 1.74. The van der Waals surface area contributed by atoms with E-state index in [1.165, 1.54) is 18.2 Å². The topological polar surface area (TPSA) is 35.2 Å². The minimum absolute atomic E-state index is 0.269. The van der Waals surface area contributed by atoms with Crippen LogP contribution in [0.2, 0.25) is 0 Å². The zero-order valence-corrected chi connectivity index (χ0v) is 9.86. The van der Waals surface area contributed by atoms with Crippen molar-refractivity contribution in [2.24, 2.45) is 5.73 Å². The predicted octanol–water partition coefficient (Wildman–Crippen LogP) is 2.64. The van der Waals surface area contributed by atoms with Crippen LogP contribution in [0.25, 0.3) is 0 Å². The second-order valence-corrected chi connectivity index (χ2v) is 4.06. The SMILES string of the molecule is CC(Oc1ccc(F)c(Br)c1)C(N)=S. The van der Waals surface area contributed by atoms with E-state index in [4.69, 9.17) is 22.7 Å². The van der Waals surface area contributed by atoms with Gasteiger partial charge in [0.1, 0.15) is 22.7 Å². The lowest BCUT2D eigenvalue weighted by molar-refractivity contribution is 0.287. The second-order valence-electron chi connectivity index (χ2n) is 2.74. The molecule has 0 saturated heterocycles. The molecule has 0 fully saturated rings. The summed E-state index contributed by atoms with van der Waals surface area (Å²) in [5.41, 5.74) is 5.37. The molecule has 0 aromatic heterocycles. The van der Waals surface area contributed by atoms with Crippen molar-refractivity contribution in [2.75, 3.05) is 0 Å². The maximum absolute atomic E-state index is 12.8. The molecule has 1 unspecified atom stereocenters. The summed E-state index contributed by atoms with van der Waals surface area (Å²) < 4.78 is 18.5. The van der Waals surface area contributed by atoms with Gasteiger partial charge in [0.2, 0.25) is 0 Å². The van der Waals surface area contributed by atoms with Gasteiger partial charge in [-0.3, -0.25) is 0 Å². The fraction of sp³-hybridized carbons (Fsp3) is 0.222. The maximum Gasteiger partial charge on any atom is 0.145 e. The highest BCUT2D eigenvalue weighted by Crippen LogP contribution is 2.22. The van der Waals surface area contributed by atoms with Crippen LogP contribution in [-0.2, 0) is 0 Å². The van der Waals surface area contributed by atoms with Crippen molar-refractivity contribution in [1.29, 1.82) is 0 Å². The van der Waals surface area contributed by atoms with Gasteiger partial charge in [-0.05, 0) is 41.1 Å². The van der Waals surface area contributed by atoms with Crippen molar-refractivity contribution in [3.05, 3.63) is 28.5 Å². The number of thiocarbonyl (C=S) groups is 1. The molecule has 1 aromatic rings. The van der Waals surface area contributed by atoms with E-state index in [9.17, 15) is 4.39 Å². The maximum atomic E-state index is 12.8. The van der Waals surface area contributed by atoms with Crippen LogP contribution in [0.5, 0.6) is 5.75 Å². The third-order valence-corrected chi connectivity index (χ3v) is 2.54. The molecule has 1 atom stereocenters. The molecule has 0 spiro atoms. The molecule has 1 aromatic carbocycles. The number of hydrogen-bond donors (Lipinski definition) is 1. The van der Waals surface area contributed by atoms with E-state index < -0.39 is 0 Å². The Balaban J connectivity index is 2.78. The number of nitrogens with two attached hydrogens (primary N) is 1. The summed E-state index contributed by atoms with van der Waals surface area (Å²) in [5, 5.41) is 0. The van der Waals surface area contributed by atoms with Gasteiger partial charge < -0.3 is 10.5 Å². The van der Waals surface area contributed by atoms with Gasteiger partial charge in [-0.1, -0.05) is 12.2 Å². The molecular formula is C9H9BrFNOS. The highest BCUT2D eigenvalue weighted by molar-refractivity contribution is 9.10. The average Bonchev–Trinajstić information content (AvgIpc) is 2.11. The number of halogens is 2. The Bertz CT molecular complexity index is 359. The van der Waals surface area contributed by atoms with E-state index in [0.29, 0.717) is 10.2 Å². The van der Waals surface area contributed by atoms with Crippen molar-refractivity contribution in [2.45, 2.75) is 13.0 Å². The van der Waals surface area contributed by atoms with E-state index in [1.807, 2.05) is 0 Å². The standard InChI is InChI=1S/C9H9BrFNOS/c1-5(9(12)14)13-6-2-3-8(11)7(10)4-6/h2-5H,1H3,(H2,12,14). The molecule has 2 nitrogen and oxygen atoms in total. The Kier molecular flexibility index (Phi) is 3.83. The van der Waals surface area contributed by atoms with E-state index in [0.717, 1.165) is 0 Å². The largest absolute Gasteiger partial charge is 0.484 e. The molecule has 2 N–H and O–H groups in total. The predicted molar refractivity (Wildman–Crippen MR) is 61.0 cm³/mol. The van der Waals surface area contributed by atoms with Gasteiger partial charge in [-0.15, -0.1) is 0 Å². The zero-order valence-electron chi connectivity index (χ0n) is 7.46. The molecule has 0 aliphatic carbocycles. The van der Waals surface area contributed by atoms with Gasteiger partial charge in [-0.2, -0.15) is 0 Å². The van der Waals surface area contributed by atoms with Gasteiger partial charge >= 0.3 is 0 Å². The van der Waals surface area contributed by atoms with Crippen LogP contribution in [0.4, 0.5) is 4.39 Å². The first-order valence-corrected chi connectivity index (χ1v) is 5.12. The van der Waals surface area contributed by atoms with Gasteiger partial charge in [0.25, 0.3) is 0 Å². The summed E-state index contributed by atoms with van der Waals surface area (Å²) in [4.78, 5) is 0.269. The lowest BCUT2D eigenvalue weighted by atomic mass is 10.3. The van der Waals surface area contributed by atoms with Crippen LogP contribution in [0.1, 0.15) is 6.92 Å². The van der Waals surface area contributed by atoms with Crippen molar-refractivity contribution in [3.8, 4) is 5.75 Å². The summed E-state index contributed by atoms with van der Waals surface area (Å²) in [5.74, 6) is 0.193. The summed E-state index contributed by atoms with van der Waals surface area (Å²) in [6.07, 6.45) is -0.359. The molecule has 0 saturated carbocycles. The monoisotopic (exact) mass is 277 g/mol. The molecule has 0 heterocycles. The van der Waals surface area contributed by atoms with E-state index in [2.05, 4.69) is 15.9 Å². The third-order valence-electron chi connectivity index (χ3n) is 1.60. The number of ether oxygens (including phenoxy) is 1. The van der Waals surface area contributed by atoms with Crippen molar-refractivity contribution in [3.63, 3.8) is 0 Å². The van der Waals surface area contributed by atoms with Gasteiger partial charge in [0.15, 0.2) is 0 Å².